The van der Waals surface area contributed by atoms with E-state index >= 15 is 0 Å². The number of carbonyl (C=O) groups is 2. The molecule has 5 aromatic rings. The number of benzene rings is 3. The third-order valence-corrected chi connectivity index (χ3v) is 7.52. The third kappa shape index (κ3) is 6.52. The predicted octanol–water partition coefficient (Wildman–Crippen LogP) is 6.19. The smallest absolute Gasteiger partial charge is 0.263 e. The van der Waals surface area contributed by atoms with Crippen LogP contribution in [0.5, 0.6) is 0 Å². The zero-order valence-electron chi connectivity index (χ0n) is 20.9. The van der Waals surface area contributed by atoms with E-state index in [1.165, 1.54) is 35.7 Å². The summed E-state index contributed by atoms with van der Waals surface area (Å²) in [6.45, 7) is 0.401. The number of halogens is 1. The second-order valence-corrected chi connectivity index (χ2v) is 10.4. The van der Waals surface area contributed by atoms with Gasteiger partial charge in [-0.2, -0.15) is 0 Å². The average molecular weight is 560 g/mol. The standard InChI is InChI=1S/C29H26FN5O2S2/c30-21-10-11-25(38)22(14-21)28(36)32-12-4-3-7-23(35-29(37)26-16-31-17-39-26)27-33-15-24(34-27)20-9-8-18-5-1-2-6-19(18)13-20/h1-2,5-6,8-11,13-17,23,38H,3-4,7,12H2,(H,32,36)(H,33,34)(H,35,37)/t23-/m0/s1. The number of H-pyrrole nitrogens is 1. The van der Waals surface area contributed by atoms with E-state index in [1.54, 1.807) is 11.7 Å². The average Bonchev–Trinajstić information content (AvgIpc) is 3.66. The number of thiazole rings is 1. The van der Waals surface area contributed by atoms with Crippen LogP contribution in [0.1, 0.15) is 51.2 Å². The number of nitrogens with one attached hydrogen (secondary N) is 3. The largest absolute Gasteiger partial charge is 0.352 e. The fraction of sp³-hybridized carbons (Fsp3) is 0.172. The molecule has 2 amide bonds. The van der Waals surface area contributed by atoms with Crippen molar-refractivity contribution in [2.24, 2.45) is 0 Å². The van der Waals surface area contributed by atoms with Crippen molar-refractivity contribution in [3.63, 3.8) is 0 Å². The molecular weight excluding hydrogens is 533 g/mol. The summed E-state index contributed by atoms with van der Waals surface area (Å²) in [5.41, 5.74) is 3.68. The van der Waals surface area contributed by atoms with Crippen molar-refractivity contribution < 1.29 is 14.0 Å². The van der Waals surface area contributed by atoms with E-state index in [4.69, 9.17) is 0 Å². The van der Waals surface area contributed by atoms with Crippen molar-refractivity contribution in [3.05, 3.63) is 101 Å². The number of unbranched alkanes of at least 4 members (excludes halogenated alkanes) is 1. The molecule has 0 spiro atoms. The van der Waals surface area contributed by atoms with E-state index in [2.05, 4.69) is 62.5 Å². The van der Waals surface area contributed by atoms with Gasteiger partial charge < -0.3 is 15.6 Å². The Bertz CT molecular complexity index is 1600. The van der Waals surface area contributed by atoms with Crippen LogP contribution in [0.25, 0.3) is 22.0 Å². The molecule has 3 aromatic carbocycles. The minimum absolute atomic E-state index is 0.199. The second kappa shape index (κ2) is 12.2. The maximum absolute atomic E-state index is 13.5. The monoisotopic (exact) mass is 559 g/mol. The lowest BCUT2D eigenvalue weighted by molar-refractivity contribution is 0.0935. The molecule has 0 aliphatic carbocycles. The van der Waals surface area contributed by atoms with Crippen LogP contribution in [0.3, 0.4) is 0 Å². The SMILES string of the molecule is O=C(N[C@@H](CCCCNC(=O)c1cc(F)ccc1S)c1ncc(-c2ccc3ccccc3c2)[nH]1)c1cncs1. The van der Waals surface area contributed by atoms with Crippen molar-refractivity contribution in [3.8, 4) is 11.3 Å². The van der Waals surface area contributed by atoms with Gasteiger partial charge >= 0.3 is 0 Å². The minimum Gasteiger partial charge on any atom is -0.352 e. The Morgan fingerprint density at radius 1 is 1.00 bits per heavy atom. The van der Waals surface area contributed by atoms with Crippen LogP contribution < -0.4 is 10.6 Å². The van der Waals surface area contributed by atoms with Gasteiger partial charge in [0.15, 0.2) is 0 Å². The summed E-state index contributed by atoms with van der Waals surface area (Å²) in [7, 11) is 0. The highest BCUT2D eigenvalue weighted by Crippen LogP contribution is 2.26. The lowest BCUT2D eigenvalue weighted by Gasteiger charge is -2.16. The number of amides is 2. The highest BCUT2D eigenvalue weighted by Gasteiger charge is 2.20. The van der Waals surface area contributed by atoms with Gasteiger partial charge in [0.1, 0.15) is 16.5 Å². The third-order valence-electron chi connectivity index (χ3n) is 6.36. The number of carbonyl (C=O) groups excluding carboxylic acids is 2. The number of hydrogen-bond acceptors (Lipinski definition) is 6. The van der Waals surface area contributed by atoms with Crippen LogP contribution in [-0.4, -0.2) is 33.3 Å². The van der Waals surface area contributed by atoms with Crippen LogP contribution >= 0.6 is 24.0 Å². The molecule has 0 fully saturated rings. The summed E-state index contributed by atoms with van der Waals surface area (Å²) in [5, 5.41) is 8.17. The number of hydrogen-bond donors (Lipinski definition) is 4. The number of nitrogens with zero attached hydrogens (tertiary/aromatic N) is 2. The number of imidazole rings is 1. The summed E-state index contributed by atoms with van der Waals surface area (Å²) in [6, 6.07) is 17.9. The van der Waals surface area contributed by atoms with Crippen LogP contribution in [0.2, 0.25) is 0 Å². The number of rotatable bonds is 10. The Balaban J connectivity index is 1.25. The number of fused-ring (bicyclic) bond motifs is 1. The van der Waals surface area contributed by atoms with Gasteiger partial charge in [-0.3, -0.25) is 14.6 Å². The van der Waals surface area contributed by atoms with Crippen LogP contribution in [0.4, 0.5) is 4.39 Å². The molecule has 3 N–H and O–H groups in total. The van der Waals surface area contributed by atoms with Crippen molar-refractivity contribution in [2.45, 2.75) is 30.2 Å². The van der Waals surface area contributed by atoms with Crippen LogP contribution in [0.15, 0.2) is 83.5 Å². The first-order valence-corrected chi connectivity index (χ1v) is 13.8. The van der Waals surface area contributed by atoms with E-state index in [9.17, 15) is 14.0 Å². The Kier molecular flexibility index (Phi) is 8.33. The normalized spacial score (nSPS) is 11.8. The van der Waals surface area contributed by atoms with Gasteiger partial charge in [0, 0.05) is 17.0 Å². The molecule has 0 saturated carbocycles. The summed E-state index contributed by atoms with van der Waals surface area (Å²) >= 11 is 5.51. The molecule has 39 heavy (non-hydrogen) atoms. The summed E-state index contributed by atoms with van der Waals surface area (Å²) in [5.74, 6) is -0.425. The minimum atomic E-state index is -0.487. The first-order chi connectivity index (χ1) is 19.0. The molecule has 0 unspecified atom stereocenters. The van der Waals surface area contributed by atoms with Gasteiger partial charge in [0.05, 0.1) is 35.2 Å². The zero-order chi connectivity index (χ0) is 27.2. The Hall–Kier alpha value is -4.02. The molecule has 2 aromatic heterocycles. The molecule has 198 valence electrons. The maximum Gasteiger partial charge on any atom is 0.263 e. The lowest BCUT2D eigenvalue weighted by Crippen LogP contribution is -2.29. The zero-order valence-corrected chi connectivity index (χ0v) is 22.6. The first-order valence-electron chi connectivity index (χ1n) is 12.5. The van der Waals surface area contributed by atoms with Crippen LogP contribution in [0, 0.1) is 5.82 Å². The number of aromatic amines is 1. The lowest BCUT2D eigenvalue weighted by atomic mass is 10.1. The maximum atomic E-state index is 13.5. The van der Waals surface area contributed by atoms with Crippen molar-refractivity contribution in [1.82, 2.24) is 25.6 Å². The van der Waals surface area contributed by atoms with Crippen LogP contribution in [-0.2, 0) is 0 Å². The molecule has 0 bridgehead atoms. The molecule has 0 aliphatic heterocycles. The summed E-state index contributed by atoms with van der Waals surface area (Å²) in [6.07, 6.45) is 5.28. The Labute approximate surface area is 234 Å². The topological polar surface area (TPSA) is 99.8 Å². The predicted molar refractivity (Wildman–Crippen MR) is 154 cm³/mol. The Morgan fingerprint density at radius 2 is 1.85 bits per heavy atom. The van der Waals surface area contributed by atoms with Gasteiger partial charge in [0.2, 0.25) is 0 Å². The Morgan fingerprint density at radius 3 is 2.67 bits per heavy atom. The fourth-order valence-electron chi connectivity index (χ4n) is 4.31. The fourth-order valence-corrected chi connectivity index (χ4v) is 5.08. The highest BCUT2D eigenvalue weighted by atomic mass is 32.1. The molecule has 5 rings (SSSR count). The summed E-state index contributed by atoms with van der Waals surface area (Å²) in [4.78, 5) is 38.2. The highest BCUT2D eigenvalue weighted by molar-refractivity contribution is 7.80. The quantitative estimate of drug-likeness (QED) is 0.121. The molecule has 0 aliphatic rings. The summed E-state index contributed by atoms with van der Waals surface area (Å²) < 4.78 is 13.5. The van der Waals surface area contributed by atoms with E-state index in [0.717, 1.165) is 22.0 Å². The van der Waals surface area contributed by atoms with E-state index in [-0.39, 0.29) is 23.4 Å². The molecule has 1 atom stereocenters. The van der Waals surface area contributed by atoms with Gasteiger partial charge in [-0.1, -0.05) is 36.4 Å². The van der Waals surface area contributed by atoms with Crippen molar-refractivity contribution in [2.75, 3.05) is 6.54 Å². The van der Waals surface area contributed by atoms with Gasteiger partial charge in [-0.15, -0.1) is 24.0 Å². The van der Waals surface area contributed by atoms with Crippen molar-refractivity contribution >= 4 is 46.6 Å². The number of thiol groups is 1. The molecular formula is C29H26FN5O2S2. The van der Waals surface area contributed by atoms with Gasteiger partial charge in [-0.25, -0.2) is 9.37 Å². The molecule has 7 nitrogen and oxygen atoms in total. The van der Waals surface area contributed by atoms with Gasteiger partial charge in [-0.05, 0) is 54.3 Å². The second-order valence-electron chi connectivity index (χ2n) is 9.05. The van der Waals surface area contributed by atoms with E-state index in [1.807, 2.05) is 18.2 Å². The van der Waals surface area contributed by atoms with Crippen molar-refractivity contribution in [1.29, 1.82) is 0 Å². The number of aromatic nitrogens is 3. The van der Waals surface area contributed by atoms with Gasteiger partial charge in [0.25, 0.3) is 11.8 Å². The molecule has 0 saturated heterocycles. The van der Waals surface area contributed by atoms with E-state index in [0.29, 0.717) is 41.4 Å². The van der Waals surface area contributed by atoms with E-state index < -0.39 is 5.82 Å². The first kappa shape index (κ1) is 26.6. The molecule has 0 radical (unpaired) electrons. The molecule has 2 heterocycles. The molecule has 10 heteroatoms.